The zero-order chi connectivity index (χ0) is 19.3. The van der Waals surface area contributed by atoms with Gasteiger partial charge < -0.3 is 19.8 Å². The molecule has 0 spiro atoms. The number of esters is 2. The van der Waals surface area contributed by atoms with Crippen molar-refractivity contribution in [2.24, 2.45) is 0 Å². The largest absolute Gasteiger partial charge is 0.465 e. The molecule has 138 valence electrons. The molecule has 0 unspecified atom stereocenters. The molecule has 1 aromatic carbocycles. The standard InChI is InChI=1S/C19H22N2O5/c1-11-5-7-14(8-6-11)9-20-15(22)10-26-19(24)17-12(2)16(13(3)21-17)18(23)25-4/h5-8,21H,9-10H2,1-4H3,(H,20,22). The van der Waals surface area contributed by atoms with Crippen molar-refractivity contribution >= 4 is 17.8 Å². The van der Waals surface area contributed by atoms with Gasteiger partial charge >= 0.3 is 11.9 Å². The first-order chi connectivity index (χ1) is 12.3. The highest BCUT2D eigenvalue weighted by atomic mass is 16.5. The number of aromatic nitrogens is 1. The van der Waals surface area contributed by atoms with E-state index in [1.807, 2.05) is 31.2 Å². The Bertz CT molecular complexity index is 821. The molecule has 0 saturated heterocycles. The van der Waals surface area contributed by atoms with Crippen LogP contribution in [-0.2, 0) is 20.8 Å². The molecule has 0 saturated carbocycles. The lowest BCUT2D eigenvalue weighted by Crippen LogP contribution is -2.28. The zero-order valence-electron chi connectivity index (χ0n) is 15.3. The van der Waals surface area contributed by atoms with Gasteiger partial charge in [0.25, 0.3) is 5.91 Å². The molecule has 2 N–H and O–H groups in total. The summed E-state index contributed by atoms with van der Waals surface area (Å²) in [5.41, 5.74) is 3.45. The zero-order valence-corrected chi connectivity index (χ0v) is 15.3. The molecule has 7 heteroatoms. The molecular weight excluding hydrogens is 336 g/mol. The fourth-order valence-electron chi connectivity index (χ4n) is 2.52. The van der Waals surface area contributed by atoms with Gasteiger partial charge in [-0.15, -0.1) is 0 Å². The van der Waals surface area contributed by atoms with E-state index in [-0.39, 0.29) is 5.69 Å². The molecule has 1 amide bonds. The third kappa shape index (κ3) is 4.50. The van der Waals surface area contributed by atoms with Gasteiger partial charge in [0.1, 0.15) is 5.69 Å². The Morgan fingerprint density at radius 3 is 2.31 bits per heavy atom. The minimum Gasteiger partial charge on any atom is -0.465 e. The first kappa shape index (κ1) is 19.2. The Balaban J connectivity index is 1.91. The summed E-state index contributed by atoms with van der Waals surface area (Å²) in [5.74, 6) is -1.65. The maximum absolute atomic E-state index is 12.2. The molecule has 0 aliphatic heterocycles. The number of amides is 1. The number of benzene rings is 1. The number of hydrogen-bond donors (Lipinski definition) is 2. The van der Waals surface area contributed by atoms with Crippen LogP contribution in [0.1, 0.15) is 43.2 Å². The fraction of sp³-hybridized carbons (Fsp3) is 0.316. The molecule has 0 fully saturated rings. The van der Waals surface area contributed by atoms with Gasteiger partial charge in [-0.3, -0.25) is 4.79 Å². The monoisotopic (exact) mass is 358 g/mol. The van der Waals surface area contributed by atoms with Crippen LogP contribution in [0.5, 0.6) is 0 Å². The average Bonchev–Trinajstić information content (AvgIpc) is 2.93. The van der Waals surface area contributed by atoms with Crippen molar-refractivity contribution in [3.05, 3.63) is 57.9 Å². The summed E-state index contributed by atoms with van der Waals surface area (Å²) in [7, 11) is 1.27. The minimum atomic E-state index is -0.703. The van der Waals surface area contributed by atoms with Crippen LogP contribution in [0.3, 0.4) is 0 Å². The second-order valence-electron chi connectivity index (χ2n) is 5.96. The maximum Gasteiger partial charge on any atom is 0.355 e. The third-order valence-corrected chi connectivity index (χ3v) is 3.98. The molecule has 2 rings (SSSR count). The van der Waals surface area contributed by atoms with E-state index in [4.69, 9.17) is 9.47 Å². The Morgan fingerprint density at radius 2 is 1.69 bits per heavy atom. The smallest absolute Gasteiger partial charge is 0.355 e. The molecule has 1 heterocycles. The Hall–Kier alpha value is -3.09. The highest BCUT2D eigenvalue weighted by molar-refractivity contribution is 5.99. The summed E-state index contributed by atoms with van der Waals surface area (Å²) in [4.78, 5) is 38.6. The number of aryl methyl sites for hydroxylation is 2. The minimum absolute atomic E-state index is 0.134. The number of H-pyrrole nitrogens is 1. The van der Waals surface area contributed by atoms with E-state index in [1.54, 1.807) is 13.8 Å². The van der Waals surface area contributed by atoms with E-state index in [0.29, 0.717) is 23.4 Å². The van der Waals surface area contributed by atoms with Gasteiger partial charge in [0.05, 0.1) is 12.7 Å². The SMILES string of the molecule is COC(=O)c1c(C)[nH]c(C(=O)OCC(=O)NCc2ccc(C)cc2)c1C. The maximum atomic E-state index is 12.2. The van der Waals surface area contributed by atoms with E-state index in [1.165, 1.54) is 7.11 Å². The van der Waals surface area contributed by atoms with Gasteiger partial charge in [-0.25, -0.2) is 9.59 Å². The number of carbonyl (C=O) groups excluding carboxylic acids is 3. The van der Waals surface area contributed by atoms with Gasteiger partial charge in [-0.1, -0.05) is 29.8 Å². The van der Waals surface area contributed by atoms with Crippen molar-refractivity contribution in [2.75, 3.05) is 13.7 Å². The van der Waals surface area contributed by atoms with Crippen LogP contribution in [0.25, 0.3) is 0 Å². The lowest BCUT2D eigenvalue weighted by Gasteiger charge is -2.07. The van der Waals surface area contributed by atoms with Crippen LogP contribution >= 0.6 is 0 Å². The van der Waals surface area contributed by atoms with E-state index >= 15 is 0 Å². The quantitative estimate of drug-likeness (QED) is 0.772. The van der Waals surface area contributed by atoms with Crippen LogP contribution < -0.4 is 5.32 Å². The molecule has 26 heavy (non-hydrogen) atoms. The number of aromatic amines is 1. The van der Waals surface area contributed by atoms with Crippen molar-refractivity contribution in [3.8, 4) is 0 Å². The fourth-order valence-corrected chi connectivity index (χ4v) is 2.52. The summed E-state index contributed by atoms with van der Waals surface area (Å²) in [6, 6.07) is 7.75. The molecule has 1 aromatic heterocycles. The van der Waals surface area contributed by atoms with Crippen LogP contribution in [-0.4, -0.2) is 36.5 Å². The normalized spacial score (nSPS) is 10.3. The topological polar surface area (TPSA) is 97.5 Å². The number of ether oxygens (including phenoxy) is 2. The summed E-state index contributed by atoms with van der Waals surface area (Å²) in [5, 5.41) is 2.68. The van der Waals surface area contributed by atoms with Crippen molar-refractivity contribution in [2.45, 2.75) is 27.3 Å². The lowest BCUT2D eigenvalue weighted by atomic mass is 10.1. The van der Waals surface area contributed by atoms with Crippen molar-refractivity contribution < 1.29 is 23.9 Å². The molecule has 0 atom stereocenters. The van der Waals surface area contributed by atoms with Crippen LogP contribution in [0.4, 0.5) is 0 Å². The molecule has 0 aliphatic rings. The van der Waals surface area contributed by atoms with Crippen LogP contribution in [0.2, 0.25) is 0 Å². The summed E-state index contributed by atoms with van der Waals surface area (Å²) in [6.07, 6.45) is 0. The predicted octanol–water partition coefficient (Wildman–Crippen LogP) is 2.20. The van der Waals surface area contributed by atoms with E-state index < -0.39 is 24.5 Å². The lowest BCUT2D eigenvalue weighted by molar-refractivity contribution is -0.124. The molecule has 0 bridgehead atoms. The summed E-state index contributed by atoms with van der Waals surface area (Å²) in [6.45, 7) is 5.20. The van der Waals surface area contributed by atoms with Crippen molar-refractivity contribution in [1.29, 1.82) is 0 Å². The van der Waals surface area contributed by atoms with E-state index in [0.717, 1.165) is 11.1 Å². The Kier molecular flexibility index (Phi) is 6.16. The molecule has 0 aliphatic carbocycles. The van der Waals surface area contributed by atoms with Gasteiger partial charge in [0.15, 0.2) is 6.61 Å². The Labute approximate surface area is 151 Å². The number of hydrogen-bond acceptors (Lipinski definition) is 5. The molecule has 7 nitrogen and oxygen atoms in total. The average molecular weight is 358 g/mol. The first-order valence-electron chi connectivity index (χ1n) is 8.10. The van der Waals surface area contributed by atoms with Gasteiger partial charge in [0, 0.05) is 12.2 Å². The summed E-state index contributed by atoms with van der Waals surface area (Å²) < 4.78 is 9.72. The first-order valence-corrected chi connectivity index (χ1v) is 8.10. The van der Waals surface area contributed by atoms with Gasteiger partial charge in [-0.2, -0.15) is 0 Å². The molecule has 2 aromatic rings. The summed E-state index contributed by atoms with van der Waals surface area (Å²) >= 11 is 0. The van der Waals surface area contributed by atoms with Crippen LogP contribution in [0.15, 0.2) is 24.3 Å². The van der Waals surface area contributed by atoms with Crippen LogP contribution in [0, 0.1) is 20.8 Å². The Morgan fingerprint density at radius 1 is 1.04 bits per heavy atom. The van der Waals surface area contributed by atoms with Gasteiger partial charge in [-0.05, 0) is 31.9 Å². The highest BCUT2D eigenvalue weighted by Gasteiger charge is 2.23. The number of rotatable bonds is 6. The number of carbonyl (C=O) groups is 3. The van der Waals surface area contributed by atoms with Crippen molar-refractivity contribution in [1.82, 2.24) is 10.3 Å². The highest BCUT2D eigenvalue weighted by Crippen LogP contribution is 2.19. The number of methoxy groups -OCH3 is 1. The van der Waals surface area contributed by atoms with E-state index in [2.05, 4.69) is 10.3 Å². The molecule has 0 radical (unpaired) electrons. The predicted molar refractivity (Wildman–Crippen MR) is 94.9 cm³/mol. The van der Waals surface area contributed by atoms with Gasteiger partial charge in [0.2, 0.25) is 0 Å². The third-order valence-electron chi connectivity index (χ3n) is 3.98. The van der Waals surface area contributed by atoms with E-state index in [9.17, 15) is 14.4 Å². The second kappa shape index (κ2) is 8.33. The number of nitrogens with one attached hydrogen (secondary N) is 2. The van der Waals surface area contributed by atoms with Crippen molar-refractivity contribution in [3.63, 3.8) is 0 Å². The molecular formula is C19H22N2O5. The second-order valence-corrected chi connectivity index (χ2v) is 5.96.